The third kappa shape index (κ3) is 3.20. The quantitative estimate of drug-likeness (QED) is 0.737. The number of imidazole rings is 1. The molecule has 0 saturated carbocycles. The van der Waals surface area contributed by atoms with Crippen LogP contribution in [0.2, 0.25) is 0 Å². The first-order valence-electron chi connectivity index (χ1n) is 6.91. The van der Waals surface area contributed by atoms with Crippen LogP contribution >= 0.6 is 0 Å². The van der Waals surface area contributed by atoms with Crippen molar-refractivity contribution in [2.45, 2.75) is 20.0 Å². The molecule has 3 rings (SSSR count). The van der Waals surface area contributed by atoms with E-state index in [-0.39, 0.29) is 5.88 Å². The van der Waals surface area contributed by atoms with Crippen LogP contribution in [0.5, 0.6) is 0 Å². The summed E-state index contributed by atoms with van der Waals surface area (Å²) >= 11 is 0. The Morgan fingerprint density at radius 3 is 2.96 bits per heavy atom. The number of nitrogens with one attached hydrogen (secondary N) is 1. The number of carbonyl (C=O) groups is 2. The highest BCUT2D eigenvalue weighted by molar-refractivity contribution is 5.96. The van der Waals surface area contributed by atoms with Crippen molar-refractivity contribution < 1.29 is 18.8 Å². The summed E-state index contributed by atoms with van der Waals surface area (Å²) in [6.45, 7) is 3.21. The van der Waals surface area contributed by atoms with Crippen molar-refractivity contribution >= 4 is 23.4 Å². The molecule has 0 radical (unpaired) electrons. The molecule has 0 aromatic carbocycles. The molecular weight excluding hydrogens is 300 g/mol. The van der Waals surface area contributed by atoms with E-state index in [1.54, 1.807) is 48.1 Å². The second-order valence-electron chi connectivity index (χ2n) is 4.98. The molecule has 0 saturated heterocycles. The number of carbonyl (C=O) groups excluding carboxylic acids is 2. The standard InChI is InChI=1S/C15H14N4O4/c1-9-7-13(23-18-9)17-14(20)10(2)22-15(21)11-3-4-12-16-5-6-19(12)8-11/h3-8,10H,1-2H3,(H,17,20)/t10-/m1/s1. The molecule has 1 N–H and O–H groups in total. The normalized spacial score (nSPS) is 12.1. The second kappa shape index (κ2) is 5.91. The molecular formula is C15H14N4O4. The minimum absolute atomic E-state index is 0.204. The number of amides is 1. The van der Waals surface area contributed by atoms with E-state index in [0.29, 0.717) is 16.9 Å². The summed E-state index contributed by atoms with van der Waals surface area (Å²) in [5.74, 6) is -0.898. The number of esters is 1. The van der Waals surface area contributed by atoms with E-state index in [0.717, 1.165) is 0 Å². The number of ether oxygens (including phenoxy) is 1. The number of rotatable bonds is 4. The van der Waals surface area contributed by atoms with Crippen LogP contribution in [0.4, 0.5) is 5.88 Å². The van der Waals surface area contributed by atoms with Gasteiger partial charge in [-0.05, 0) is 26.0 Å². The van der Waals surface area contributed by atoms with Gasteiger partial charge in [0.25, 0.3) is 5.91 Å². The fourth-order valence-electron chi connectivity index (χ4n) is 1.97. The average molecular weight is 314 g/mol. The maximum Gasteiger partial charge on any atom is 0.340 e. The lowest BCUT2D eigenvalue weighted by Crippen LogP contribution is -2.29. The third-order valence-corrected chi connectivity index (χ3v) is 3.15. The molecule has 0 aliphatic rings. The number of nitrogens with zero attached hydrogens (tertiary/aromatic N) is 3. The van der Waals surface area contributed by atoms with Gasteiger partial charge in [0.15, 0.2) is 6.10 Å². The van der Waals surface area contributed by atoms with Crippen molar-refractivity contribution in [3.8, 4) is 0 Å². The Labute approximate surface area is 131 Å². The van der Waals surface area contributed by atoms with E-state index in [1.807, 2.05) is 0 Å². The molecule has 0 fully saturated rings. The smallest absolute Gasteiger partial charge is 0.340 e. The first kappa shape index (κ1) is 14.8. The third-order valence-electron chi connectivity index (χ3n) is 3.15. The number of aryl methyl sites for hydroxylation is 1. The molecule has 8 nitrogen and oxygen atoms in total. The summed E-state index contributed by atoms with van der Waals surface area (Å²) in [4.78, 5) is 28.2. The second-order valence-corrected chi connectivity index (χ2v) is 4.98. The number of hydrogen-bond donors (Lipinski definition) is 1. The van der Waals surface area contributed by atoms with Gasteiger partial charge in [0.05, 0.1) is 11.3 Å². The molecule has 0 bridgehead atoms. The number of anilines is 1. The molecule has 118 valence electrons. The Morgan fingerprint density at radius 1 is 1.39 bits per heavy atom. The lowest BCUT2D eigenvalue weighted by Gasteiger charge is -2.12. The van der Waals surface area contributed by atoms with Crippen molar-refractivity contribution in [1.29, 1.82) is 0 Å². The van der Waals surface area contributed by atoms with Crippen molar-refractivity contribution in [3.05, 3.63) is 48.0 Å². The van der Waals surface area contributed by atoms with Gasteiger partial charge >= 0.3 is 5.97 Å². The zero-order chi connectivity index (χ0) is 16.4. The molecule has 0 spiro atoms. The van der Waals surface area contributed by atoms with E-state index in [2.05, 4.69) is 15.5 Å². The SMILES string of the molecule is Cc1cc(NC(=O)[C@@H](C)OC(=O)c2ccc3nccn3c2)on1. The van der Waals surface area contributed by atoms with E-state index in [9.17, 15) is 9.59 Å². The van der Waals surface area contributed by atoms with Gasteiger partial charge in [-0.25, -0.2) is 9.78 Å². The number of hydrogen-bond acceptors (Lipinski definition) is 6. The van der Waals surface area contributed by atoms with E-state index >= 15 is 0 Å². The van der Waals surface area contributed by atoms with Gasteiger partial charge < -0.3 is 13.7 Å². The van der Waals surface area contributed by atoms with E-state index in [1.165, 1.54) is 6.92 Å². The molecule has 1 amide bonds. The molecule has 3 aromatic heterocycles. The Kier molecular flexibility index (Phi) is 3.80. The number of pyridine rings is 1. The van der Waals surface area contributed by atoms with Crippen LogP contribution in [0.3, 0.4) is 0 Å². The van der Waals surface area contributed by atoms with Gasteiger partial charge in [0, 0.05) is 24.7 Å². The highest BCUT2D eigenvalue weighted by Crippen LogP contribution is 2.11. The highest BCUT2D eigenvalue weighted by Gasteiger charge is 2.20. The van der Waals surface area contributed by atoms with E-state index < -0.39 is 18.0 Å². The summed E-state index contributed by atoms with van der Waals surface area (Å²) in [5.41, 5.74) is 1.68. The van der Waals surface area contributed by atoms with Gasteiger partial charge in [-0.1, -0.05) is 5.16 Å². The van der Waals surface area contributed by atoms with Crippen LogP contribution in [0.25, 0.3) is 5.65 Å². The van der Waals surface area contributed by atoms with Crippen molar-refractivity contribution in [1.82, 2.24) is 14.5 Å². The molecule has 0 aliphatic heterocycles. The van der Waals surface area contributed by atoms with Crippen LogP contribution in [0.15, 0.2) is 41.3 Å². The Balaban J connectivity index is 1.65. The lowest BCUT2D eigenvalue weighted by molar-refractivity contribution is -0.123. The molecule has 8 heteroatoms. The fraction of sp³-hybridized carbons (Fsp3) is 0.200. The van der Waals surface area contributed by atoms with Crippen LogP contribution in [-0.2, 0) is 9.53 Å². The maximum atomic E-state index is 12.1. The average Bonchev–Trinajstić information content (AvgIpc) is 3.14. The molecule has 0 unspecified atom stereocenters. The fourth-order valence-corrected chi connectivity index (χ4v) is 1.97. The number of aromatic nitrogens is 3. The maximum absolute atomic E-state index is 12.1. The van der Waals surface area contributed by atoms with Gasteiger partial charge in [0.2, 0.25) is 5.88 Å². The van der Waals surface area contributed by atoms with Crippen molar-refractivity contribution in [3.63, 3.8) is 0 Å². The first-order chi connectivity index (χ1) is 11.0. The van der Waals surface area contributed by atoms with Crippen LogP contribution in [0, 0.1) is 6.92 Å². The summed E-state index contributed by atoms with van der Waals surface area (Å²) in [7, 11) is 0. The summed E-state index contributed by atoms with van der Waals surface area (Å²) in [6.07, 6.45) is 3.95. The summed E-state index contributed by atoms with van der Waals surface area (Å²) in [5, 5.41) is 6.14. The lowest BCUT2D eigenvalue weighted by atomic mass is 10.3. The van der Waals surface area contributed by atoms with Crippen LogP contribution in [0.1, 0.15) is 23.0 Å². The highest BCUT2D eigenvalue weighted by atomic mass is 16.5. The predicted molar refractivity (Wildman–Crippen MR) is 79.9 cm³/mol. The minimum Gasteiger partial charge on any atom is -0.449 e. The van der Waals surface area contributed by atoms with Crippen molar-refractivity contribution in [2.75, 3.05) is 5.32 Å². The topological polar surface area (TPSA) is 98.7 Å². The molecule has 0 aliphatic carbocycles. The Bertz CT molecular complexity index is 867. The Hall–Kier alpha value is -3.16. The van der Waals surface area contributed by atoms with Gasteiger partial charge in [0.1, 0.15) is 5.65 Å². The zero-order valence-electron chi connectivity index (χ0n) is 12.5. The van der Waals surface area contributed by atoms with Gasteiger partial charge in [-0.3, -0.25) is 10.1 Å². The predicted octanol–water partition coefficient (Wildman–Crippen LogP) is 1.81. The van der Waals surface area contributed by atoms with E-state index in [4.69, 9.17) is 9.26 Å². The first-order valence-corrected chi connectivity index (χ1v) is 6.91. The van der Waals surface area contributed by atoms with Gasteiger partial charge in [-0.15, -0.1) is 0 Å². The number of fused-ring (bicyclic) bond motifs is 1. The molecule has 1 atom stereocenters. The largest absolute Gasteiger partial charge is 0.449 e. The van der Waals surface area contributed by atoms with Crippen LogP contribution in [-0.4, -0.2) is 32.5 Å². The Morgan fingerprint density at radius 2 is 2.22 bits per heavy atom. The van der Waals surface area contributed by atoms with Gasteiger partial charge in [-0.2, -0.15) is 0 Å². The zero-order valence-corrected chi connectivity index (χ0v) is 12.5. The van der Waals surface area contributed by atoms with Crippen molar-refractivity contribution in [2.24, 2.45) is 0 Å². The monoisotopic (exact) mass is 314 g/mol. The van der Waals surface area contributed by atoms with Crippen LogP contribution < -0.4 is 5.32 Å². The minimum atomic E-state index is -0.980. The summed E-state index contributed by atoms with van der Waals surface area (Å²) < 4.78 is 11.7. The molecule has 23 heavy (non-hydrogen) atoms. The summed E-state index contributed by atoms with van der Waals surface area (Å²) in [6, 6.07) is 4.85. The molecule has 3 aromatic rings. The molecule has 3 heterocycles.